The Bertz CT molecular complexity index is 1240. The number of alkyl halides is 3. The van der Waals surface area contributed by atoms with Crippen molar-refractivity contribution in [2.75, 3.05) is 6.61 Å². The number of halogens is 3. The maximum Gasteiger partial charge on any atom is 0.416 e. The molecule has 0 fully saturated rings. The predicted molar refractivity (Wildman–Crippen MR) is 108 cm³/mol. The second-order valence-corrected chi connectivity index (χ2v) is 8.77. The van der Waals surface area contributed by atoms with Crippen LogP contribution in [0.3, 0.4) is 0 Å². The lowest BCUT2D eigenvalue weighted by Gasteiger charge is -2.28. The minimum atomic E-state index is -4.50. The van der Waals surface area contributed by atoms with Gasteiger partial charge in [0.2, 0.25) is 0 Å². The van der Waals surface area contributed by atoms with Crippen LogP contribution in [0.4, 0.5) is 13.2 Å². The minimum Gasteiger partial charge on any atom is -0.493 e. The third-order valence-electron chi connectivity index (χ3n) is 5.30. The SMILES string of the molecule is Cc1ccc(-c2cc(C(F)(F)F)ccc2C2CCOc3cc(S(=O)(=O)O)ccc32)cn1. The third kappa shape index (κ3) is 4.28. The summed E-state index contributed by atoms with van der Waals surface area (Å²) < 4.78 is 78.0. The van der Waals surface area contributed by atoms with Crippen LogP contribution in [0.25, 0.3) is 11.1 Å². The molecule has 1 aliphatic rings. The highest BCUT2D eigenvalue weighted by molar-refractivity contribution is 7.85. The van der Waals surface area contributed by atoms with Crippen molar-refractivity contribution in [1.82, 2.24) is 4.98 Å². The fraction of sp³-hybridized carbons (Fsp3) is 0.227. The Balaban J connectivity index is 1.88. The summed E-state index contributed by atoms with van der Waals surface area (Å²) in [4.78, 5) is 3.91. The Morgan fingerprint density at radius 2 is 1.81 bits per heavy atom. The van der Waals surface area contributed by atoms with Gasteiger partial charge in [0.25, 0.3) is 10.1 Å². The average molecular weight is 449 g/mol. The van der Waals surface area contributed by atoms with E-state index in [0.29, 0.717) is 28.7 Å². The number of nitrogens with zero attached hydrogens (tertiary/aromatic N) is 1. The quantitative estimate of drug-likeness (QED) is 0.554. The van der Waals surface area contributed by atoms with E-state index in [1.807, 2.05) is 0 Å². The van der Waals surface area contributed by atoms with Gasteiger partial charge in [-0.1, -0.05) is 18.2 Å². The maximum absolute atomic E-state index is 13.4. The fourth-order valence-corrected chi connectivity index (χ4v) is 4.26. The van der Waals surface area contributed by atoms with Crippen molar-refractivity contribution >= 4 is 10.1 Å². The van der Waals surface area contributed by atoms with E-state index in [1.54, 1.807) is 19.1 Å². The summed E-state index contributed by atoms with van der Waals surface area (Å²) in [5.41, 5.74) is 2.23. The van der Waals surface area contributed by atoms with Crippen molar-refractivity contribution in [3.05, 3.63) is 77.1 Å². The number of rotatable bonds is 3. The molecule has 0 saturated heterocycles. The number of fused-ring (bicyclic) bond motifs is 1. The van der Waals surface area contributed by atoms with Crippen molar-refractivity contribution in [2.45, 2.75) is 30.3 Å². The molecule has 9 heteroatoms. The van der Waals surface area contributed by atoms with E-state index >= 15 is 0 Å². The zero-order valence-electron chi connectivity index (χ0n) is 16.3. The molecule has 0 bridgehead atoms. The molecule has 1 aromatic heterocycles. The van der Waals surface area contributed by atoms with Crippen LogP contribution < -0.4 is 4.74 Å². The summed E-state index contributed by atoms with van der Waals surface area (Å²) in [7, 11) is -4.41. The fourth-order valence-electron chi connectivity index (χ4n) is 3.77. The van der Waals surface area contributed by atoms with E-state index in [9.17, 15) is 26.1 Å². The molecule has 4 rings (SSSR count). The molecular formula is C22H18F3NO4S. The lowest BCUT2D eigenvalue weighted by molar-refractivity contribution is -0.137. The number of hydrogen-bond donors (Lipinski definition) is 1. The smallest absolute Gasteiger partial charge is 0.416 e. The Morgan fingerprint density at radius 1 is 1.06 bits per heavy atom. The molecule has 0 radical (unpaired) electrons. The van der Waals surface area contributed by atoms with Gasteiger partial charge in [0.1, 0.15) is 5.75 Å². The number of ether oxygens (including phenoxy) is 1. The van der Waals surface area contributed by atoms with E-state index in [2.05, 4.69) is 4.98 Å². The van der Waals surface area contributed by atoms with Crippen LogP contribution in [0, 0.1) is 6.92 Å². The van der Waals surface area contributed by atoms with Gasteiger partial charge in [-0.25, -0.2) is 0 Å². The van der Waals surface area contributed by atoms with Gasteiger partial charge in [0.05, 0.1) is 17.1 Å². The number of pyridine rings is 1. The highest BCUT2D eigenvalue weighted by Gasteiger charge is 2.33. The molecule has 2 heterocycles. The minimum absolute atomic E-state index is 0.249. The molecule has 0 spiro atoms. The van der Waals surface area contributed by atoms with Gasteiger partial charge < -0.3 is 4.74 Å². The maximum atomic E-state index is 13.4. The standard InChI is InChI=1S/C22H18F3NO4S/c1-13-2-3-14(12-26-13)20-10-15(22(23,24)25)4-6-17(20)18-8-9-30-21-11-16(31(27,28)29)5-7-19(18)21/h2-7,10-12,18H,8-9H2,1H3,(H,27,28,29). The largest absolute Gasteiger partial charge is 0.493 e. The van der Waals surface area contributed by atoms with Gasteiger partial charge in [-0.3, -0.25) is 9.54 Å². The monoisotopic (exact) mass is 449 g/mol. The van der Waals surface area contributed by atoms with Crippen LogP contribution >= 0.6 is 0 Å². The zero-order valence-corrected chi connectivity index (χ0v) is 17.2. The molecule has 31 heavy (non-hydrogen) atoms. The third-order valence-corrected chi connectivity index (χ3v) is 6.15. The molecule has 5 nitrogen and oxygen atoms in total. The van der Waals surface area contributed by atoms with Gasteiger partial charge in [0.15, 0.2) is 0 Å². The highest BCUT2D eigenvalue weighted by Crippen LogP contribution is 2.44. The Morgan fingerprint density at radius 3 is 2.45 bits per heavy atom. The molecule has 1 unspecified atom stereocenters. The molecule has 0 aliphatic carbocycles. The predicted octanol–water partition coefficient (Wildman–Crippen LogP) is 5.24. The number of benzene rings is 2. The molecule has 1 atom stereocenters. The summed E-state index contributed by atoms with van der Waals surface area (Å²) in [5, 5.41) is 0. The lowest BCUT2D eigenvalue weighted by atomic mass is 9.82. The summed E-state index contributed by atoms with van der Waals surface area (Å²) in [6, 6.07) is 11.1. The van der Waals surface area contributed by atoms with Gasteiger partial charge in [0, 0.05) is 35.0 Å². The van der Waals surface area contributed by atoms with E-state index < -0.39 is 21.9 Å². The van der Waals surface area contributed by atoms with Crippen LogP contribution in [0.1, 0.15) is 34.7 Å². The summed E-state index contributed by atoms with van der Waals surface area (Å²) in [6.45, 7) is 2.04. The molecule has 2 aromatic carbocycles. The normalized spacial score (nSPS) is 16.5. The topological polar surface area (TPSA) is 76.5 Å². The Labute approximate surface area is 177 Å². The van der Waals surface area contributed by atoms with Crippen molar-refractivity contribution < 1.29 is 30.9 Å². The molecule has 1 aliphatic heterocycles. The number of aryl methyl sites for hydroxylation is 1. The second kappa shape index (κ2) is 7.65. The van der Waals surface area contributed by atoms with E-state index in [-0.39, 0.29) is 23.2 Å². The highest BCUT2D eigenvalue weighted by atomic mass is 32.2. The van der Waals surface area contributed by atoms with E-state index in [0.717, 1.165) is 17.8 Å². The van der Waals surface area contributed by atoms with Gasteiger partial charge in [-0.05, 0) is 48.7 Å². The summed E-state index contributed by atoms with van der Waals surface area (Å²) >= 11 is 0. The first-order chi connectivity index (χ1) is 14.5. The number of hydrogen-bond acceptors (Lipinski definition) is 4. The van der Waals surface area contributed by atoms with Crippen molar-refractivity contribution in [2.24, 2.45) is 0 Å². The van der Waals surface area contributed by atoms with E-state index in [4.69, 9.17) is 4.74 Å². The second-order valence-electron chi connectivity index (χ2n) is 7.35. The van der Waals surface area contributed by atoms with Crippen LogP contribution in [0.15, 0.2) is 59.6 Å². The summed E-state index contributed by atoms with van der Waals surface area (Å²) in [6.07, 6.45) is -2.46. The van der Waals surface area contributed by atoms with E-state index in [1.165, 1.54) is 30.5 Å². The molecule has 3 aromatic rings. The zero-order chi connectivity index (χ0) is 22.4. The Kier molecular flexibility index (Phi) is 5.26. The molecule has 0 saturated carbocycles. The lowest BCUT2D eigenvalue weighted by Crippen LogP contribution is -2.17. The molecule has 0 amide bonds. The molecule has 1 N–H and O–H groups in total. The summed E-state index contributed by atoms with van der Waals surface area (Å²) in [5.74, 6) is -0.0444. The first-order valence-electron chi connectivity index (χ1n) is 9.42. The van der Waals surface area contributed by atoms with Crippen molar-refractivity contribution in [3.63, 3.8) is 0 Å². The molecule has 162 valence electrons. The van der Waals surface area contributed by atoms with Crippen molar-refractivity contribution in [3.8, 4) is 16.9 Å². The van der Waals surface area contributed by atoms with Crippen LogP contribution in [-0.4, -0.2) is 24.6 Å². The Hall–Kier alpha value is -2.91. The average Bonchev–Trinajstić information content (AvgIpc) is 2.72. The van der Waals surface area contributed by atoms with Crippen LogP contribution in [-0.2, 0) is 16.3 Å². The van der Waals surface area contributed by atoms with Gasteiger partial charge >= 0.3 is 6.18 Å². The molecular weight excluding hydrogens is 431 g/mol. The van der Waals surface area contributed by atoms with Gasteiger partial charge in [-0.15, -0.1) is 0 Å². The first kappa shape index (κ1) is 21.3. The van der Waals surface area contributed by atoms with Crippen LogP contribution in [0.5, 0.6) is 5.75 Å². The van der Waals surface area contributed by atoms with Crippen LogP contribution in [0.2, 0.25) is 0 Å². The van der Waals surface area contributed by atoms with Crippen molar-refractivity contribution in [1.29, 1.82) is 0 Å². The van der Waals surface area contributed by atoms with Gasteiger partial charge in [-0.2, -0.15) is 21.6 Å². The number of aromatic nitrogens is 1. The first-order valence-corrected chi connectivity index (χ1v) is 10.9.